The fourth-order valence-electron chi connectivity index (χ4n) is 2.52. The van der Waals surface area contributed by atoms with Crippen LogP contribution in [0, 0.1) is 13.8 Å². The monoisotopic (exact) mass is 327 g/mol. The van der Waals surface area contributed by atoms with Crippen LogP contribution in [-0.2, 0) is 10.5 Å². The zero-order valence-corrected chi connectivity index (χ0v) is 15.0. The molecule has 0 saturated heterocycles. The van der Waals surface area contributed by atoms with Gasteiger partial charge in [0, 0.05) is 5.75 Å². The van der Waals surface area contributed by atoms with Crippen molar-refractivity contribution in [1.82, 2.24) is 5.32 Å². The van der Waals surface area contributed by atoms with E-state index < -0.39 is 0 Å². The van der Waals surface area contributed by atoms with Gasteiger partial charge in [0.2, 0.25) is 5.91 Å². The molecule has 2 aromatic carbocycles. The SMILES string of the molecule is CCC(NC(=O)CSCc1cccc(C)c1)c1ccc(C)cc1. The minimum absolute atomic E-state index is 0.0997. The van der Waals surface area contributed by atoms with Crippen molar-refractivity contribution >= 4 is 17.7 Å². The van der Waals surface area contributed by atoms with E-state index in [0.29, 0.717) is 5.75 Å². The van der Waals surface area contributed by atoms with Gasteiger partial charge in [-0.1, -0.05) is 66.6 Å². The molecule has 2 rings (SSSR count). The predicted molar refractivity (Wildman–Crippen MR) is 99.7 cm³/mol. The normalized spacial score (nSPS) is 12.0. The number of nitrogens with one attached hydrogen (secondary N) is 1. The summed E-state index contributed by atoms with van der Waals surface area (Å²) in [6.07, 6.45) is 0.900. The van der Waals surface area contributed by atoms with E-state index in [1.165, 1.54) is 22.3 Å². The Morgan fingerprint density at radius 1 is 1.09 bits per heavy atom. The highest BCUT2D eigenvalue weighted by Crippen LogP contribution is 2.18. The first-order chi connectivity index (χ1) is 11.1. The summed E-state index contributed by atoms with van der Waals surface area (Å²) in [5.74, 6) is 1.47. The average Bonchev–Trinajstić information content (AvgIpc) is 2.54. The summed E-state index contributed by atoms with van der Waals surface area (Å²) in [7, 11) is 0. The number of carbonyl (C=O) groups is 1. The molecule has 0 heterocycles. The molecule has 122 valence electrons. The maximum atomic E-state index is 12.2. The molecule has 1 unspecified atom stereocenters. The van der Waals surface area contributed by atoms with Gasteiger partial charge in [-0.05, 0) is 31.4 Å². The number of carbonyl (C=O) groups excluding carboxylic acids is 1. The van der Waals surface area contributed by atoms with Crippen LogP contribution < -0.4 is 5.32 Å². The smallest absolute Gasteiger partial charge is 0.230 e. The van der Waals surface area contributed by atoms with Crippen LogP contribution in [0.2, 0.25) is 0 Å². The molecule has 2 aromatic rings. The van der Waals surface area contributed by atoms with Crippen molar-refractivity contribution in [1.29, 1.82) is 0 Å². The molecule has 0 aliphatic heterocycles. The number of thioether (sulfide) groups is 1. The zero-order chi connectivity index (χ0) is 16.7. The third kappa shape index (κ3) is 5.76. The van der Waals surface area contributed by atoms with Crippen molar-refractivity contribution in [3.05, 3.63) is 70.8 Å². The Labute approximate surface area is 143 Å². The van der Waals surface area contributed by atoms with Crippen LogP contribution in [0.1, 0.15) is 41.6 Å². The van der Waals surface area contributed by atoms with Crippen LogP contribution in [0.5, 0.6) is 0 Å². The lowest BCUT2D eigenvalue weighted by Crippen LogP contribution is -2.29. The average molecular weight is 327 g/mol. The number of hydrogen-bond donors (Lipinski definition) is 1. The molecule has 0 radical (unpaired) electrons. The lowest BCUT2D eigenvalue weighted by atomic mass is 10.0. The van der Waals surface area contributed by atoms with Gasteiger partial charge in [-0.25, -0.2) is 0 Å². The Hall–Kier alpha value is -1.74. The number of rotatable bonds is 7. The van der Waals surface area contributed by atoms with Gasteiger partial charge >= 0.3 is 0 Å². The molecule has 3 heteroatoms. The van der Waals surface area contributed by atoms with E-state index in [9.17, 15) is 4.79 Å². The molecule has 0 aliphatic rings. The van der Waals surface area contributed by atoms with Crippen LogP contribution in [0.3, 0.4) is 0 Å². The van der Waals surface area contributed by atoms with Crippen LogP contribution >= 0.6 is 11.8 Å². The maximum absolute atomic E-state index is 12.2. The standard InChI is InChI=1S/C20H25NOS/c1-4-19(18-10-8-15(2)9-11-18)21-20(22)14-23-13-17-7-5-6-16(3)12-17/h5-12,19H,4,13-14H2,1-3H3,(H,21,22). The van der Waals surface area contributed by atoms with E-state index in [1.54, 1.807) is 11.8 Å². The van der Waals surface area contributed by atoms with E-state index in [1.807, 2.05) is 0 Å². The van der Waals surface area contributed by atoms with Crippen LogP contribution in [0.15, 0.2) is 48.5 Å². The molecule has 2 nitrogen and oxygen atoms in total. The number of hydrogen-bond acceptors (Lipinski definition) is 2. The maximum Gasteiger partial charge on any atom is 0.230 e. The van der Waals surface area contributed by atoms with Gasteiger partial charge in [0.25, 0.3) is 0 Å². The Bertz CT molecular complexity index is 636. The molecule has 0 saturated carbocycles. The molecule has 0 aromatic heterocycles. The van der Waals surface area contributed by atoms with Crippen molar-refractivity contribution in [2.24, 2.45) is 0 Å². The quantitative estimate of drug-likeness (QED) is 0.791. The molecular formula is C20H25NOS. The Kier molecular flexibility index (Phi) is 6.72. The van der Waals surface area contributed by atoms with Gasteiger partial charge < -0.3 is 5.32 Å². The fourth-order valence-corrected chi connectivity index (χ4v) is 3.31. The van der Waals surface area contributed by atoms with Gasteiger partial charge in [-0.3, -0.25) is 4.79 Å². The van der Waals surface area contributed by atoms with Crippen molar-refractivity contribution in [3.8, 4) is 0 Å². The number of aryl methyl sites for hydroxylation is 2. The summed E-state index contributed by atoms with van der Waals surface area (Å²) in [5.41, 5.74) is 4.95. The van der Waals surface area contributed by atoms with Gasteiger partial charge in [-0.2, -0.15) is 0 Å². The summed E-state index contributed by atoms with van der Waals surface area (Å²) >= 11 is 1.66. The highest BCUT2D eigenvalue weighted by Gasteiger charge is 2.12. The number of benzene rings is 2. The van der Waals surface area contributed by atoms with Gasteiger partial charge in [-0.15, -0.1) is 11.8 Å². The van der Waals surface area contributed by atoms with Crippen LogP contribution in [0.25, 0.3) is 0 Å². The fraction of sp³-hybridized carbons (Fsp3) is 0.350. The van der Waals surface area contributed by atoms with E-state index in [4.69, 9.17) is 0 Å². The Morgan fingerprint density at radius 2 is 1.83 bits per heavy atom. The highest BCUT2D eigenvalue weighted by atomic mass is 32.2. The topological polar surface area (TPSA) is 29.1 Å². The minimum Gasteiger partial charge on any atom is -0.349 e. The predicted octanol–water partition coefficient (Wildman–Crippen LogP) is 4.80. The van der Waals surface area contributed by atoms with Crippen molar-refractivity contribution < 1.29 is 4.79 Å². The van der Waals surface area contributed by atoms with E-state index in [0.717, 1.165) is 12.2 Å². The second kappa shape index (κ2) is 8.78. The zero-order valence-electron chi connectivity index (χ0n) is 14.1. The summed E-state index contributed by atoms with van der Waals surface area (Å²) in [6.45, 7) is 6.27. The van der Waals surface area contributed by atoms with E-state index in [-0.39, 0.29) is 11.9 Å². The molecule has 1 amide bonds. The molecule has 1 N–H and O–H groups in total. The molecule has 1 atom stereocenters. The Balaban J connectivity index is 1.82. The van der Waals surface area contributed by atoms with E-state index >= 15 is 0 Å². The third-order valence-electron chi connectivity index (χ3n) is 3.81. The Morgan fingerprint density at radius 3 is 2.48 bits per heavy atom. The van der Waals surface area contributed by atoms with E-state index in [2.05, 4.69) is 74.6 Å². The second-order valence-electron chi connectivity index (χ2n) is 5.92. The first-order valence-corrected chi connectivity index (χ1v) is 9.23. The van der Waals surface area contributed by atoms with Crippen LogP contribution in [0.4, 0.5) is 0 Å². The first kappa shape index (κ1) is 17.6. The number of amides is 1. The summed E-state index contributed by atoms with van der Waals surface area (Å²) in [5, 5.41) is 3.14. The lowest BCUT2D eigenvalue weighted by molar-refractivity contribution is -0.119. The molecule has 0 fully saturated rings. The molecule has 0 bridgehead atoms. The third-order valence-corrected chi connectivity index (χ3v) is 4.81. The van der Waals surface area contributed by atoms with Crippen molar-refractivity contribution in [3.63, 3.8) is 0 Å². The molecule has 0 aliphatic carbocycles. The summed E-state index contributed by atoms with van der Waals surface area (Å²) < 4.78 is 0. The molecule has 23 heavy (non-hydrogen) atoms. The van der Waals surface area contributed by atoms with Crippen LogP contribution in [-0.4, -0.2) is 11.7 Å². The molecular weight excluding hydrogens is 302 g/mol. The van der Waals surface area contributed by atoms with Crippen molar-refractivity contribution in [2.45, 2.75) is 39.0 Å². The summed E-state index contributed by atoms with van der Waals surface area (Å²) in [6, 6.07) is 16.9. The van der Waals surface area contributed by atoms with Crippen molar-refractivity contribution in [2.75, 3.05) is 5.75 Å². The van der Waals surface area contributed by atoms with Gasteiger partial charge in [0.15, 0.2) is 0 Å². The second-order valence-corrected chi connectivity index (χ2v) is 6.91. The minimum atomic E-state index is 0.0997. The summed E-state index contributed by atoms with van der Waals surface area (Å²) in [4.78, 5) is 12.2. The lowest BCUT2D eigenvalue weighted by Gasteiger charge is -2.17. The first-order valence-electron chi connectivity index (χ1n) is 8.07. The highest BCUT2D eigenvalue weighted by molar-refractivity contribution is 7.99. The largest absolute Gasteiger partial charge is 0.349 e. The van der Waals surface area contributed by atoms with Gasteiger partial charge in [0.05, 0.1) is 11.8 Å². The molecule has 0 spiro atoms. The van der Waals surface area contributed by atoms with Gasteiger partial charge in [0.1, 0.15) is 0 Å².